The molecule has 0 atom stereocenters. The molecule has 0 spiro atoms. The molecule has 0 aliphatic carbocycles. The van der Waals surface area contributed by atoms with Crippen LogP contribution >= 0.6 is 0 Å². The van der Waals surface area contributed by atoms with Gasteiger partial charge >= 0.3 is 0 Å². The predicted octanol–water partition coefficient (Wildman–Crippen LogP) is -2.07. The maximum Gasteiger partial charge on any atom is 0.0964 e. The van der Waals surface area contributed by atoms with Crippen LogP contribution in [0.4, 0.5) is 0 Å². The van der Waals surface area contributed by atoms with E-state index in [1.54, 1.807) is 0 Å². The Kier molecular flexibility index (Phi) is 29.0. The molecule has 0 radical (unpaired) electrons. The molecule has 0 N–H and O–H groups in total. The first-order valence-corrected chi connectivity index (χ1v) is 11.3. The van der Waals surface area contributed by atoms with Crippen molar-refractivity contribution in [3.05, 3.63) is 50.6 Å². The third-order valence-corrected chi connectivity index (χ3v) is 2.93. The first kappa shape index (κ1) is 43.8. The van der Waals surface area contributed by atoms with Crippen molar-refractivity contribution >= 4 is 14.6 Å². The monoisotopic (exact) mass is 502 g/mol. The molecular formula is C24H56B2N4O5. The molecule has 35 heavy (non-hydrogen) atoms. The van der Waals surface area contributed by atoms with Crippen molar-refractivity contribution in [2.45, 2.75) is 0 Å². The van der Waals surface area contributed by atoms with Crippen molar-refractivity contribution in [2.24, 2.45) is 0 Å². The highest BCUT2D eigenvalue weighted by Gasteiger charge is 2.01. The molecule has 0 aromatic carbocycles. The molecule has 0 aliphatic heterocycles. The molecule has 0 heterocycles. The van der Waals surface area contributed by atoms with Gasteiger partial charge in [-0.25, -0.2) is 0 Å². The van der Waals surface area contributed by atoms with Gasteiger partial charge in [-0.2, -0.15) is 0 Å². The maximum absolute atomic E-state index is 9.16. The molecule has 208 valence electrons. The molecular weight excluding hydrogens is 446 g/mol. The molecule has 0 unspecified atom stereocenters. The summed E-state index contributed by atoms with van der Waals surface area (Å²) >= 11 is 0. The van der Waals surface area contributed by atoms with Crippen molar-refractivity contribution in [2.75, 3.05) is 111 Å². The molecule has 0 rings (SSSR count). The third-order valence-electron chi connectivity index (χ3n) is 2.93. The summed E-state index contributed by atoms with van der Waals surface area (Å²) < 4.78 is 6.93. The van der Waals surface area contributed by atoms with E-state index in [9.17, 15) is 0 Å². The SMILES string of the molecule is C=CC[N+](C)(C)C.C=CC[N+](C)(C)C.C=CC[N+](C)(C)C.C=CC[N+](C)(C)C.[O-]B([O-])OB([O-])[O-]. The Morgan fingerprint density at radius 3 is 0.600 bits per heavy atom. The Balaban J connectivity index is -0.000000107. The van der Waals surface area contributed by atoms with E-state index >= 15 is 0 Å². The maximum atomic E-state index is 9.16. The van der Waals surface area contributed by atoms with Crippen LogP contribution in [-0.4, -0.2) is 143 Å². The van der Waals surface area contributed by atoms with Gasteiger partial charge in [-0.05, 0) is 24.3 Å². The zero-order valence-electron chi connectivity index (χ0n) is 25.0. The number of quaternary nitrogens is 4. The summed E-state index contributed by atoms with van der Waals surface area (Å²) in [5, 5.41) is 36.6. The Labute approximate surface area is 218 Å². The van der Waals surface area contributed by atoms with Gasteiger partial charge in [0.05, 0.1) is 111 Å². The predicted molar refractivity (Wildman–Crippen MR) is 145 cm³/mol. The first-order chi connectivity index (χ1) is 15.4. The fourth-order valence-electron chi connectivity index (χ4n) is 1.64. The van der Waals surface area contributed by atoms with Crippen LogP contribution in [0.15, 0.2) is 50.6 Å². The Morgan fingerprint density at radius 2 is 0.600 bits per heavy atom. The molecule has 0 bridgehead atoms. The average Bonchev–Trinajstić information content (AvgIpc) is 2.51. The summed E-state index contributed by atoms with van der Waals surface area (Å²) in [6.07, 6.45) is 7.72. The van der Waals surface area contributed by atoms with Gasteiger partial charge in [-0.1, -0.05) is 26.3 Å². The number of rotatable bonds is 10. The summed E-state index contributed by atoms with van der Waals surface area (Å²) in [5.74, 6) is 0. The van der Waals surface area contributed by atoms with Crippen LogP contribution < -0.4 is 20.1 Å². The summed E-state index contributed by atoms with van der Waals surface area (Å²) in [6, 6.07) is 0. The Morgan fingerprint density at radius 1 is 0.457 bits per heavy atom. The molecule has 0 fully saturated rings. The fraction of sp³-hybridized carbons (Fsp3) is 0.667. The summed E-state index contributed by atoms with van der Waals surface area (Å²) in [4.78, 5) is 0. The summed E-state index contributed by atoms with van der Waals surface area (Å²) in [7, 11) is 20.2. The van der Waals surface area contributed by atoms with Gasteiger partial charge in [-0.3, -0.25) is 0 Å². The van der Waals surface area contributed by atoms with Crippen molar-refractivity contribution < 1.29 is 42.6 Å². The van der Waals surface area contributed by atoms with Gasteiger partial charge in [0.15, 0.2) is 0 Å². The number of hydrogen-bond acceptors (Lipinski definition) is 5. The highest BCUT2D eigenvalue weighted by atomic mass is 16.7. The van der Waals surface area contributed by atoms with Crippen LogP contribution in [0.3, 0.4) is 0 Å². The van der Waals surface area contributed by atoms with Crippen molar-refractivity contribution in [3.8, 4) is 0 Å². The Bertz CT molecular complexity index is 434. The summed E-state index contributed by atoms with van der Waals surface area (Å²) in [6.45, 7) is 18.7. The smallest absolute Gasteiger partial charge is 0.0964 e. The number of hydrogen-bond donors (Lipinski definition) is 0. The van der Waals surface area contributed by atoms with Gasteiger partial charge in [0, 0.05) is 14.6 Å². The van der Waals surface area contributed by atoms with Crippen LogP contribution in [0.1, 0.15) is 0 Å². The molecule has 0 amide bonds. The van der Waals surface area contributed by atoms with E-state index in [-0.39, 0.29) is 0 Å². The second-order valence-corrected chi connectivity index (χ2v) is 11.8. The molecule has 0 aromatic rings. The van der Waals surface area contributed by atoms with Crippen LogP contribution in [0.5, 0.6) is 0 Å². The van der Waals surface area contributed by atoms with Gasteiger partial charge in [0.25, 0.3) is 0 Å². The van der Waals surface area contributed by atoms with Crippen molar-refractivity contribution in [1.82, 2.24) is 0 Å². The van der Waals surface area contributed by atoms with Crippen LogP contribution in [0.25, 0.3) is 0 Å². The largest absolute Gasteiger partial charge is 0.872 e. The van der Waals surface area contributed by atoms with Crippen molar-refractivity contribution in [3.63, 3.8) is 0 Å². The first-order valence-electron chi connectivity index (χ1n) is 11.3. The summed E-state index contributed by atoms with van der Waals surface area (Å²) in [5.41, 5.74) is 0. The molecule has 0 aliphatic rings. The zero-order chi connectivity index (χ0) is 29.5. The van der Waals surface area contributed by atoms with E-state index in [0.717, 1.165) is 44.1 Å². The minimum atomic E-state index is -2.75. The molecule has 0 saturated heterocycles. The molecule has 0 saturated carbocycles. The number of nitrogens with zero attached hydrogens (tertiary/aromatic N) is 4. The van der Waals surface area contributed by atoms with Gasteiger partial charge in [0.1, 0.15) is 0 Å². The molecule has 11 heteroatoms. The van der Waals surface area contributed by atoms with E-state index < -0.39 is 14.6 Å². The zero-order valence-corrected chi connectivity index (χ0v) is 25.0. The quantitative estimate of drug-likeness (QED) is 0.194. The topological polar surface area (TPSA) is 101 Å². The molecule has 9 nitrogen and oxygen atoms in total. The highest BCUT2D eigenvalue weighted by Crippen LogP contribution is 1.88. The second kappa shape index (κ2) is 23.1. The minimum absolute atomic E-state index is 0.976. The lowest BCUT2D eigenvalue weighted by atomic mass is 10.1. The van der Waals surface area contributed by atoms with Gasteiger partial charge in [0.2, 0.25) is 0 Å². The van der Waals surface area contributed by atoms with Crippen molar-refractivity contribution in [1.29, 1.82) is 0 Å². The van der Waals surface area contributed by atoms with E-state index in [2.05, 4.69) is 115 Å². The standard InChI is InChI=1S/4C6H14N.B2O5/c4*1-5-6-7(2,3)4;3-1(4)7-2(5)6/h4*5H,1,6H2,2-4H3;/q4*+1;-4. The molecule has 0 aromatic heterocycles. The number of likely N-dealkylation sites (N-methyl/N-ethyl adjacent to an activating group) is 4. The van der Waals surface area contributed by atoms with E-state index in [1.165, 1.54) is 0 Å². The Hall–Kier alpha value is -1.27. The lowest BCUT2D eigenvalue weighted by molar-refractivity contribution is -0.864. The lowest BCUT2D eigenvalue weighted by Gasteiger charge is -2.39. The van der Waals surface area contributed by atoms with E-state index in [4.69, 9.17) is 20.1 Å². The normalized spacial score (nSPS) is 10.7. The second-order valence-electron chi connectivity index (χ2n) is 11.8. The fourth-order valence-corrected chi connectivity index (χ4v) is 1.64. The van der Waals surface area contributed by atoms with E-state index in [0.29, 0.717) is 0 Å². The minimum Gasteiger partial charge on any atom is -0.872 e. The van der Waals surface area contributed by atoms with Crippen LogP contribution in [-0.2, 0) is 4.57 Å². The van der Waals surface area contributed by atoms with Crippen LogP contribution in [0, 0.1) is 0 Å². The third kappa shape index (κ3) is 88.1. The highest BCUT2D eigenvalue weighted by molar-refractivity contribution is 6.44. The van der Waals surface area contributed by atoms with E-state index in [1.807, 2.05) is 24.3 Å². The van der Waals surface area contributed by atoms with Gasteiger partial charge in [-0.15, -0.1) is 0 Å². The van der Waals surface area contributed by atoms with Crippen LogP contribution in [0.2, 0.25) is 0 Å². The lowest BCUT2D eigenvalue weighted by Crippen LogP contribution is -2.59. The average molecular weight is 502 g/mol. The van der Waals surface area contributed by atoms with Gasteiger partial charge < -0.3 is 42.6 Å².